The van der Waals surface area contributed by atoms with Crippen LogP contribution in [0, 0.1) is 14.9 Å². The minimum Gasteiger partial charge on any atom is -0.487 e. The zero-order chi connectivity index (χ0) is 32.2. The zero-order valence-corrected chi connectivity index (χ0v) is 29.0. The van der Waals surface area contributed by atoms with Gasteiger partial charge in [0.15, 0.2) is 4.80 Å². The first-order valence-corrected chi connectivity index (χ1v) is 17.0. The Balaban J connectivity index is 1.53. The Labute approximate surface area is 291 Å². The lowest BCUT2D eigenvalue weighted by molar-refractivity contribution is -0.138. The Morgan fingerprint density at radius 2 is 1.76 bits per heavy atom. The third-order valence-corrected chi connectivity index (χ3v) is 9.52. The van der Waals surface area contributed by atoms with Crippen LogP contribution < -0.4 is 19.6 Å². The summed E-state index contributed by atoms with van der Waals surface area (Å²) >= 11 is 7.07. The molecule has 0 fully saturated rings. The van der Waals surface area contributed by atoms with Crippen LogP contribution in [0.4, 0.5) is 0 Å². The molecular formula is C36H25BrIN3O4S. The fraction of sp³-hybridized carbons (Fsp3) is 0.111. The van der Waals surface area contributed by atoms with Gasteiger partial charge in [0, 0.05) is 15.6 Å². The van der Waals surface area contributed by atoms with E-state index in [-0.39, 0.29) is 18.8 Å². The number of thiazole rings is 1. The Hall–Kier alpha value is -4.31. The largest absolute Gasteiger partial charge is 0.487 e. The topological polar surface area (TPSA) is 93.7 Å². The molecule has 2 heterocycles. The molecule has 7 nitrogen and oxygen atoms in total. The van der Waals surface area contributed by atoms with Gasteiger partial charge in [-0.1, -0.05) is 100 Å². The normalized spacial score (nSPS) is 14.3. The van der Waals surface area contributed by atoms with E-state index in [2.05, 4.69) is 44.6 Å². The molecule has 0 saturated heterocycles. The number of esters is 1. The minimum absolute atomic E-state index is 0.184. The van der Waals surface area contributed by atoms with E-state index in [0.717, 1.165) is 24.7 Å². The molecule has 4 aromatic carbocycles. The highest BCUT2D eigenvalue weighted by atomic mass is 127. The maximum absolute atomic E-state index is 14.3. The standard InChI is InChI=1S/C36H25BrIN3O4S/c1-2-44-35(43)30-31(24-9-5-3-6-10-24)40-36-41(32(30)25-11-7-4-8-12-25)34(42)29(46-36)18-26-17-27(37)19-28(38)33(26)45-21-23-15-13-22(20-39)14-16-23/h3-19,32H,2,21H2,1H3/b29-18-/t32-/m1/s1. The summed E-state index contributed by atoms with van der Waals surface area (Å²) in [5.74, 6) is 0.101. The van der Waals surface area contributed by atoms with Crippen LogP contribution in [-0.4, -0.2) is 17.1 Å². The Morgan fingerprint density at radius 1 is 1.07 bits per heavy atom. The second-order valence-electron chi connectivity index (χ2n) is 10.2. The summed E-state index contributed by atoms with van der Waals surface area (Å²) in [6.45, 7) is 2.22. The number of carbonyl (C=O) groups excluding carboxylic acids is 1. The molecular weight excluding hydrogens is 777 g/mol. The minimum atomic E-state index is -0.747. The van der Waals surface area contributed by atoms with Crippen LogP contribution in [-0.2, 0) is 16.1 Å². The number of benzene rings is 4. The summed E-state index contributed by atoms with van der Waals surface area (Å²) in [6, 6.07) is 31.4. The highest BCUT2D eigenvalue weighted by molar-refractivity contribution is 14.1. The van der Waals surface area contributed by atoms with Crippen molar-refractivity contribution in [3.05, 3.63) is 158 Å². The van der Waals surface area contributed by atoms with Crippen molar-refractivity contribution in [2.75, 3.05) is 6.61 Å². The maximum atomic E-state index is 14.3. The Kier molecular flexibility index (Phi) is 9.63. The molecule has 0 amide bonds. The number of ether oxygens (including phenoxy) is 2. The second kappa shape index (κ2) is 14.0. The lowest BCUT2D eigenvalue weighted by Crippen LogP contribution is -2.40. The average Bonchev–Trinajstić information content (AvgIpc) is 3.38. The lowest BCUT2D eigenvalue weighted by Gasteiger charge is -2.25. The molecule has 0 saturated carbocycles. The maximum Gasteiger partial charge on any atom is 0.338 e. The van der Waals surface area contributed by atoms with E-state index >= 15 is 0 Å². The first kappa shape index (κ1) is 31.7. The first-order valence-electron chi connectivity index (χ1n) is 14.3. The van der Waals surface area contributed by atoms with Crippen LogP contribution in [0.1, 0.15) is 40.8 Å². The molecule has 0 N–H and O–H groups in total. The number of nitrogens with zero attached hydrogens (tertiary/aromatic N) is 3. The van der Waals surface area contributed by atoms with E-state index in [9.17, 15) is 9.59 Å². The van der Waals surface area contributed by atoms with Crippen LogP contribution in [0.15, 0.2) is 117 Å². The van der Waals surface area contributed by atoms with Gasteiger partial charge >= 0.3 is 5.97 Å². The van der Waals surface area contributed by atoms with Gasteiger partial charge in [-0.3, -0.25) is 9.36 Å². The van der Waals surface area contributed by atoms with Crippen LogP contribution in [0.3, 0.4) is 0 Å². The van der Waals surface area contributed by atoms with Gasteiger partial charge in [0.25, 0.3) is 5.56 Å². The lowest BCUT2D eigenvalue weighted by atomic mass is 9.93. The molecule has 1 atom stereocenters. The Morgan fingerprint density at radius 3 is 2.43 bits per heavy atom. The number of aromatic nitrogens is 1. The van der Waals surface area contributed by atoms with E-state index in [1.165, 1.54) is 11.3 Å². The van der Waals surface area contributed by atoms with Gasteiger partial charge < -0.3 is 9.47 Å². The number of carbonyl (C=O) groups is 1. The number of hydrogen-bond acceptors (Lipinski definition) is 7. The molecule has 46 heavy (non-hydrogen) atoms. The van der Waals surface area contributed by atoms with Crippen molar-refractivity contribution in [3.8, 4) is 11.8 Å². The molecule has 1 aliphatic rings. The SMILES string of the molecule is CCOC(=O)C1=C(c2ccccc2)N=c2s/c(=C\c3cc(Br)cc(I)c3OCc3ccc(C#N)cc3)c(=O)n2[C@@H]1c1ccccc1. The number of halogens is 2. The summed E-state index contributed by atoms with van der Waals surface area (Å²) in [4.78, 5) is 33.3. The van der Waals surface area contributed by atoms with E-state index in [4.69, 9.17) is 19.7 Å². The number of fused-ring (bicyclic) bond motifs is 1. The highest BCUT2D eigenvalue weighted by Gasteiger charge is 2.35. The van der Waals surface area contributed by atoms with Gasteiger partial charge in [0.1, 0.15) is 12.4 Å². The molecule has 0 aliphatic carbocycles. The van der Waals surface area contributed by atoms with Gasteiger partial charge in [-0.25, -0.2) is 9.79 Å². The summed E-state index contributed by atoms with van der Waals surface area (Å²) in [6.07, 6.45) is 1.81. The van der Waals surface area contributed by atoms with Crippen molar-refractivity contribution in [2.24, 2.45) is 4.99 Å². The Bertz CT molecular complexity index is 2190. The quantitative estimate of drug-likeness (QED) is 0.128. The molecule has 228 valence electrons. The van der Waals surface area contributed by atoms with E-state index in [1.54, 1.807) is 23.6 Å². The third-order valence-electron chi connectivity index (χ3n) is 7.28. The number of nitriles is 1. The van der Waals surface area contributed by atoms with Crippen molar-refractivity contribution in [1.29, 1.82) is 5.26 Å². The summed E-state index contributed by atoms with van der Waals surface area (Å²) in [7, 11) is 0. The van der Waals surface area contributed by atoms with E-state index in [1.807, 2.05) is 91.0 Å². The van der Waals surface area contributed by atoms with Crippen LogP contribution in [0.2, 0.25) is 0 Å². The van der Waals surface area contributed by atoms with Crippen LogP contribution in [0.25, 0.3) is 11.8 Å². The van der Waals surface area contributed by atoms with Crippen molar-refractivity contribution < 1.29 is 14.3 Å². The predicted molar refractivity (Wildman–Crippen MR) is 190 cm³/mol. The molecule has 1 aliphatic heterocycles. The first-order chi connectivity index (χ1) is 22.4. The van der Waals surface area contributed by atoms with Gasteiger partial charge in [-0.2, -0.15) is 5.26 Å². The highest BCUT2D eigenvalue weighted by Crippen LogP contribution is 2.35. The summed E-state index contributed by atoms with van der Waals surface area (Å²) in [5, 5.41) is 9.13. The van der Waals surface area contributed by atoms with Crippen molar-refractivity contribution >= 4 is 67.6 Å². The van der Waals surface area contributed by atoms with Gasteiger partial charge in [-0.15, -0.1) is 0 Å². The molecule has 0 radical (unpaired) electrons. The van der Waals surface area contributed by atoms with Gasteiger partial charge in [0.05, 0.1) is 43.7 Å². The smallest absolute Gasteiger partial charge is 0.338 e. The van der Waals surface area contributed by atoms with Crippen LogP contribution in [0.5, 0.6) is 5.75 Å². The average molecular weight is 802 g/mol. The van der Waals surface area contributed by atoms with Crippen LogP contribution >= 0.6 is 49.9 Å². The number of rotatable bonds is 8. The van der Waals surface area contributed by atoms with E-state index < -0.39 is 12.0 Å². The van der Waals surface area contributed by atoms with Gasteiger partial charge in [-0.05, 0) is 71.0 Å². The molecule has 5 aromatic rings. The molecule has 10 heteroatoms. The summed E-state index contributed by atoms with van der Waals surface area (Å²) < 4.78 is 15.6. The predicted octanol–water partition coefficient (Wildman–Crippen LogP) is 6.75. The van der Waals surface area contributed by atoms with Crippen molar-refractivity contribution in [3.63, 3.8) is 0 Å². The molecule has 6 rings (SSSR count). The zero-order valence-electron chi connectivity index (χ0n) is 24.4. The molecule has 0 unspecified atom stereocenters. The van der Waals surface area contributed by atoms with Crippen molar-refractivity contribution in [1.82, 2.24) is 4.57 Å². The fourth-order valence-corrected chi connectivity index (χ4v) is 7.90. The molecule has 0 spiro atoms. The molecule has 0 bridgehead atoms. The van der Waals surface area contributed by atoms with Crippen molar-refractivity contribution in [2.45, 2.75) is 19.6 Å². The van der Waals surface area contributed by atoms with E-state index in [0.29, 0.717) is 37.5 Å². The number of hydrogen-bond donors (Lipinski definition) is 0. The molecule has 1 aromatic heterocycles. The second-order valence-corrected chi connectivity index (χ2v) is 13.3. The third kappa shape index (κ3) is 6.49. The fourth-order valence-electron chi connectivity index (χ4n) is 5.20. The van der Waals surface area contributed by atoms with Gasteiger partial charge in [0.2, 0.25) is 0 Å². The summed E-state index contributed by atoms with van der Waals surface area (Å²) in [5.41, 5.74) is 4.22. The monoisotopic (exact) mass is 801 g/mol.